The van der Waals surface area contributed by atoms with E-state index in [0.717, 1.165) is 18.9 Å². The second kappa shape index (κ2) is 4.26. The molecule has 1 aromatic heterocycles. The standard InChI is InChI=1S/C10H15N3O/c14-10(9-6-12-13-7-9)11-5-4-8-2-1-3-8/h6-8H,1-5H2,(H,11,14)(H,12,13). The van der Waals surface area contributed by atoms with Crippen molar-refractivity contribution in [3.63, 3.8) is 0 Å². The number of hydrogen-bond donors (Lipinski definition) is 2. The highest BCUT2D eigenvalue weighted by Crippen LogP contribution is 2.28. The van der Waals surface area contributed by atoms with E-state index in [-0.39, 0.29) is 5.91 Å². The molecule has 1 aliphatic carbocycles. The molecule has 1 saturated carbocycles. The second-order valence-corrected chi connectivity index (χ2v) is 3.83. The predicted octanol–water partition coefficient (Wildman–Crippen LogP) is 1.33. The molecule has 1 aliphatic rings. The number of carbonyl (C=O) groups excluding carboxylic acids is 1. The summed E-state index contributed by atoms with van der Waals surface area (Å²) in [6.07, 6.45) is 8.30. The highest BCUT2D eigenvalue weighted by molar-refractivity contribution is 5.93. The molecule has 0 aromatic carbocycles. The SMILES string of the molecule is O=C(NCCC1CCC1)c1cn[nH]c1. The molecule has 1 fully saturated rings. The Balaban J connectivity index is 1.67. The normalized spacial score (nSPS) is 16.3. The number of H-pyrrole nitrogens is 1. The number of carbonyl (C=O) groups is 1. The summed E-state index contributed by atoms with van der Waals surface area (Å²) >= 11 is 0. The third kappa shape index (κ3) is 2.13. The maximum atomic E-state index is 11.4. The lowest BCUT2D eigenvalue weighted by Gasteiger charge is -2.24. The Labute approximate surface area is 83.1 Å². The summed E-state index contributed by atoms with van der Waals surface area (Å²) in [5.74, 6) is 0.817. The molecule has 1 amide bonds. The molecular weight excluding hydrogens is 178 g/mol. The molecule has 4 nitrogen and oxygen atoms in total. The minimum atomic E-state index is -0.0296. The first-order valence-corrected chi connectivity index (χ1v) is 5.13. The summed E-state index contributed by atoms with van der Waals surface area (Å²) in [5, 5.41) is 9.23. The second-order valence-electron chi connectivity index (χ2n) is 3.83. The third-order valence-corrected chi connectivity index (χ3v) is 2.82. The van der Waals surface area contributed by atoms with Gasteiger partial charge in [0, 0.05) is 12.7 Å². The van der Waals surface area contributed by atoms with Gasteiger partial charge in [-0.25, -0.2) is 0 Å². The fourth-order valence-corrected chi connectivity index (χ4v) is 1.65. The van der Waals surface area contributed by atoms with Gasteiger partial charge in [0.1, 0.15) is 0 Å². The first-order valence-electron chi connectivity index (χ1n) is 5.13. The molecule has 1 aromatic rings. The van der Waals surface area contributed by atoms with Gasteiger partial charge in [0.25, 0.3) is 5.91 Å². The van der Waals surface area contributed by atoms with Crippen molar-refractivity contribution in [1.29, 1.82) is 0 Å². The average Bonchev–Trinajstić information content (AvgIpc) is 2.61. The van der Waals surface area contributed by atoms with Crippen LogP contribution in [0.2, 0.25) is 0 Å². The molecule has 76 valence electrons. The van der Waals surface area contributed by atoms with Crippen LogP contribution in [0, 0.1) is 5.92 Å². The lowest BCUT2D eigenvalue weighted by Crippen LogP contribution is -2.27. The molecule has 0 unspecified atom stereocenters. The van der Waals surface area contributed by atoms with Gasteiger partial charge in [-0.3, -0.25) is 9.89 Å². The number of nitrogens with zero attached hydrogens (tertiary/aromatic N) is 1. The Morgan fingerprint density at radius 1 is 1.64 bits per heavy atom. The highest BCUT2D eigenvalue weighted by atomic mass is 16.1. The number of aromatic amines is 1. The molecule has 0 bridgehead atoms. The van der Waals surface area contributed by atoms with Crippen LogP contribution in [0.5, 0.6) is 0 Å². The van der Waals surface area contributed by atoms with E-state index in [1.165, 1.54) is 19.3 Å². The number of aromatic nitrogens is 2. The van der Waals surface area contributed by atoms with Crippen LogP contribution in [0.3, 0.4) is 0 Å². The van der Waals surface area contributed by atoms with E-state index in [1.54, 1.807) is 12.4 Å². The smallest absolute Gasteiger partial charge is 0.254 e. The third-order valence-electron chi connectivity index (χ3n) is 2.82. The Bertz CT molecular complexity index is 290. The zero-order valence-corrected chi connectivity index (χ0v) is 8.12. The van der Waals surface area contributed by atoms with Crippen LogP contribution in [0.4, 0.5) is 0 Å². The number of amides is 1. The number of nitrogens with one attached hydrogen (secondary N) is 2. The molecule has 14 heavy (non-hydrogen) atoms. The molecule has 0 radical (unpaired) electrons. The summed E-state index contributed by atoms with van der Waals surface area (Å²) in [4.78, 5) is 11.4. The minimum absolute atomic E-state index is 0.0296. The maximum Gasteiger partial charge on any atom is 0.254 e. The van der Waals surface area contributed by atoms with E-state index in [1.807, 2.05) is 0 Å². The molecular formula is C10H15N3O. The van der Waals surface area contributed by atoms with Gasteiger partial charge in [-0.05, 0) is 12.3 Å². The van der Waals surface area contributed by atoms with E-state index >= 15 is 0 Å². The van der Waals surface area contributed by atoms with E-state index in [2.05, 4.69) is 15.5 Å². The highest BCUT2D eigenvalue weighted by Gasteiger charge is 2.17. The molecule has 0 atom stereocenters. The maximum absolute atomic E-state index is 11.4. The topological polar surface area (TPSA) is 57.8 Å². The zero-order chi connectivity index (χ0) is 9.80. The van der Waals surface area contributed by atoms with Crippen LogP contribution in [0.15, 0.2) is 12.4 Å². The van der Waals surface area contributed by atoms with Gasteiger partial charge in [0.2, 0.25) is 0 Å². The Morgan fingerprint density at radius 2 is 2.50 bits per heavy atom. The fourth-order valence-electron chi connectivity index (χ4n) is 1.65. The van der Waals surface area contributed by atoms with Crippen molar-refractivity contribution in [1.82, 2.24) is 15.5 Å². The van der Waals surface area contributed by atoms with Gasteiger partial charge in [0.15, 0.2) is 0 Å². The van der Waals surface area contributed by atoms with Crippen LogP contribution >= 0.6 is 0 Å². The lowest BCUT2D eigenvalue weighted by molar-refractivity contribution is 0.0949. The quantitative estimate of drug-likeness (QED) is 0.757. The number of rotatable bonds is 4. The van der Waals surface area contributed by atoms with Crippen molar-refractivity contribution < 1.29 is 4.79 Å². The molecule has 2 N–H and O–H groups in total. The van der Waals surface area contributed by atoms with E-state index in [0.29, 0.717) is 5.56 Å². The van der Waals surface area contributed by atoms with E-state index in [4.69, 9.17) is 0 Å². The van der Waals surface area contributed by atoms with Crippen molar-refractivity contribution in [3.8, 4) is 0 Å². The first-order chi connectivity index (χ1) is 6.86. The summed E-state index contributed by atoms with van der Waals surface area (Å²) < 4.78 is 0. The van der Waals surface area contributed by atoms with Crippen LogP contribution < -0.4 is 5.32 Å². The van der Waals surface area contributed by atoms with Gasteiger partial charge < -0.3 is 5.32 Å². The lowest BCUT2D eigenvalue weighted by atomic mass is 9.83. The van der Waals surface area contributed by atoms with Gasteiger partial charge in [0.05, 0.1) is 11.8 Å². The summed E-state index contributed by atoms with van der Waals surface area (Å²) in [6, 6.07) is 0. The monoisotopic (exact) mass is 193 g/mol. The molecule has 0 aliphatic heterocycles. The van der Waals surface area contributed by atoms with Crippen molar-refractivity contribution in [3.05, 3.63) is 18.0 Å². The van der Waals surface area contributed by atoms with Gasteiger partial charge in [-0.15, -0.1) is 0 Å². The van der Waals surface area contributed by atoms with Crippen LogP contribution in [0.1, 0.15) is 36.0 Å². The largest absolute Gasteiger partial charge is 0.352 e. The summed E-state index contributed by atoms with van der Waals surface area (Å²) in [5.41, 5.74) is 0.610. The van der Waals surface area contributed by atoms with Crippen molar-refractivity contribution in [2.24, 2.45) is 5.92 Å². The first kappa shape index (κ1) is 9.24. The average molecular weight is 193 g/mol. The zero-order valence-electron chi connectivity index (χ0n) is 8.12. The fraction of sp³-hybridized carbons (Fsp3) is 0.600. The molecule has 0 saturated heterocycles. The van der Waals surface area contributed by atoms with Gasteiger partial charge >= 0.3 is 0 Å². The summed E-state index contributed by atoms with van der Waals surface area (Å²) in [6.45, 7) is 0.786. The Kier molecular flexibility index (Phi) is 2.81. The molecule has 4 heteroatoms. The van der Waals surface area contributed by atoms with Gasteiger partial charge in [-0.1, -0.05) is 19.3 Å². The molecule has 0 spiro atoms. The van der Waals surface area contributed by atoms with E-state index < -0.39 is 0 Å². The number of hydrogen-bond acceptors (Lipinski definition) is 2. The minimum Gasteiger partial charge on any atom is -0.352 e. The van der Waals surface area contributed by atoms with Crippen LogP contribution in [-0.4, -0.2) is 22.6 Å². The van der Waals surface area contributed by atoms with E-state index in [9.17, 15) is 4.79 Å². The van der Waals surface area contributed by atoms with Crippen LogP contribution in [0.25, 0.3) is 0 Å². The van der Waals surface area contributed by atoms with Crippen molar-refractivity contribution in [2.45, 2.75) is 25.7 Å². The van der Waals surface area contributed by atoms with Crippen molar-refractivity contribution in [2.75, 3.05) is 6.54 Å². The molecule has 2 rings (SSSR count). The predicted molar refractivity (Wildman–Crippen MR) is 52.9 cm³/mol. The summed E-state index contributed by atoms with van der Waals surface area (Å²) in [7, 11) is 0. The van der Waals surface area contributed by atoms with Crippen LogP contribution in [-0.2, 0) is 0 Å². The van der Waals surface area contributed by atoms with Gasteiger partial charge in [-0.2, -0.15) is 5.10 Å². The molecule has 1 heterocycles. The Hall–Kier alpha value is -1.32. The Morgan fingerprint density at radius 3 is 3.07 bits per heavy atom. The van der Waals surface area contributed by atoms with Crippen molar-refractivity contribution >= 4 is 5.91 Å².